The molecule has 282 valence electrons. The molecule has 12 nitrogen and oxygen atoms in total. The number of aryl methyl sites for hydroxylation is 1. The van der Waals surface area contributed by atoms with Gasteiger partial charge in [0.15, 0.2) is 5.78 Å². The van der Waals surface area contributed by atoms with Gasteiger partial charge in [-0.05, 0) is 98.5 Å². The van der Waals surface area contributed by atoms with E-state index < -0.39 is 12.0 Å². The van der Waals surface area contributed by atoms with Gasteiger partial charge in [-0.25, -0.2) is 4.98 Å². The Hall–Kier alpha value is -5.07. The fraction of sp³-hybridized carbons (Fsp3) is 0.452. The van der Waals surface area contributed by atoms with Crippen molar-refractivity contribution in [2.75, 3.05) is 45.3 Å². The molecule has 8 rings (SSSR count). The van der Waals surface area contributed by atoms with Crippen LogP contribution in [-0.2, 0) is 23.2 Å². The molecule has 0 saturated carbocycles. The number of methoxy groups -OCH3 is 2. The van der Waals surface area contributed by atoms with Gasteiger partial charge >= 0.3 is 0 Å². The molecule has 54 heavy (non-hydrogen) atoms. The number of nitrogens with one attached hydrogen (secondary N) is 1. The molecule has 3 unspecified atom stereocenters. The molecular formula is C42H47N5O7. The number of benzene rings is 2. The molecule has 3 saturated heterocycles. The fourth-order valence-corrected chi connectivity index (χ4v) is 8.78. The maximum Gasteiger partial charge on any atom is 0.259 e. The van der Waals surface area contributed by atoms with Crippen LogP contribution in [0.3, 0.4) is 0 Å². The van der Waals surface area contributed by atoms with Crippen LogP contribution in [0.15, 0.2) is 53.6 Å². The van der Waals surface area contributed by atoms with Crippen LogP contribution in [0.25, 0.3) is 21.9 Å². The zero-order valence-corrected chi connectivity index (χ0v) is 31.1. The summed E-state index contributed by atoms with van der Waals surface area (Å²) in [5, 5.41) is 14.9. The SMILES string of the molecule is COc1cc(-c2cn(C)c(=O)c3cnc(N4CCC4)cc23)cc(OC)c1CN1CCC(c2ccc3c(c2)C(=O)C(CCC2CCC(=O)NC2=O)C3O)CC1. The third-order valence-corrected chi connectivity index (χ3v) is 12.2. The van der Waals surface area contributed by atoms with Gasteiger partial charge in [-0.15, -0.1) is 0 Å². The van der Waals surface area contributed by atoms with Crippen molar-refractivity contribution in [3.8, 4) is 22.6 Å². The monoisotopic (exact) mass is 733 g/mol. The molecule has 2 N–H and O–H groups in total. The van der Waals surface area contributed by atoms with E-state index in [4.69, 9.17) is 9.47 Å². The van der Waals surface area contributed by atoms with Gasteiger partial charge in [0.05, 0.1) is 37.2 Å². The van der Waals surface area contributed by atoms with E-state index >= 15 is 0 Å². The number of imide groups is 1. The van der Waals surface area contributed by atoms with Gasteiger partial charge in [-0.2, -0.15) is 0 Å². The van der Waals surface area contributed by atoms with E-state index in [1.165, 1.54) is 0 Å². The van der Waals surface area contributed by atoms with Crippen molar-refractivity contribution in [1.29, 1.82) is 0 Å². The molecule has 3 atom stereocenters. The number of amides is 2. The minimum absolute atomic E-state index is 0.0642. The number of Topliss-reactive ketones (excluding diaryl/α,β-unsaturated/α-hetero) is 1. The lowest BCUT2D eigenvalue weighted by molar-refractivity contribution is -0.136. The van der Waals surface area contributed by atoms with Gasteiger partial charge < -0.3 is 24.0 Å². The third-order valence-electron chi connectivity index (χ3n) is 12.2. The number of pyridine rings is 2. The highest BCUT2D eigenvalue weighted by Gasteiger charge is 2.40. The second-order valence-corrected chi connectivity index (χ2v) is 15.3. The number of aromatic nitrogens is 2. The highest BCUT2D eigenvalue weighted by atomic mass is 16.5. The van der Waals surface area contributed by atoms with E-state index in [1.807, 2.05) is 36.5 Å². The number of nitrogens with zero attached hydrogens (tertiary/aromatic N) is 4. The first-order chi connectivity index (χ1) is 26.1. The number of carbonyl (C=O) groups excluding carboxylic acids is 3. The van der Waals surface area contributed by atoms with Crippen LogP contribution in [0, 0.1) is 11.8 Å². The molecule has 0 bridgehead atoms. The van der Waals surface area contributed by atoms with E-state index in [9.17, 15) is 24.3 Å². The Balaban J connectivity index is 0.962. The number of rotatable bonds is 10. The van der Waals surface area contributed by atoms with Crippen molar-refractivity contribution in [2.24, 2.45) is 18.9 Å². The summed E-state index contributed by atoms with van der Waals surface area (Å²) in [5.41, 5.74) is 5.02. The van der Waals surface area contributed by atoms with Crippen LogP contribution in [0.4, 0.5) is 5.82 Å². The second-order valence-electron chi connectivity index (χ2n) is 15.3. The van der Waals surface area contributed by atoms with Crippen LogP contribution in [0.2, 0.25) is 0 Å². The number of ketones is 1. The lowest BCUT2D eigenvalue weighted by Crippen LogP contribution is -2.40. The summed E-state index contributed by atoms with van der Waals surface area (Å²) in [7, 11) is 5.10. The first-order valence-electron chi connectivity index (χ1n) is 19.0. The minimum Gasteiger partial charge on any atom is -0.496 e. The molecule has 3 aliphatic heterocycles. The molecular weight excluding hydrogens is 686 g/mol. The average Bonchev–Trinajstić information content (AvgIpc) is 3.39. The smallest absolute Gasteiger partial charge is 0.259 e. The topological polar surface area (TPSA) is 143 Å². The van der Waals surface area contributed by atoms with Gasteiger partial charge in [-0.1, -0.05) is 12.1 Å². The Morgan fingerprint density at radius 2 is 1.63 bits per heavy atom. The Morgan fingerprint density at radius 3 is 2.30 bits per heavy atom. The highest BCUT2D eigenvalue weighted by Crippen LogP contribution is 2.43. The molecule has 0 spiro atoms. The van der Waals surface area contributed by atoms with Gasteiger partial charge in [0.1, 0.15) is 17.3 Å². The molecule has 12 heteroatoms. The number of anilines is 1. The van der Waals surface area contributed by atoms with Crippen molar-refractivity contribution in [3.05, 3.63) is 81.4 Å². The number of piperidine rings is 2. The molecule has 3 fully saturated rings. The number of aliphatic hydroxyl groups excluding tert-OH is 1. The van der Waals surface area contributed by atoms with Crippen molar-refractivity contribution in [2.45, 2.75) is 63.5 Å². The molecule has 4 aliphatic rings. The van der Waals surface area contributed by atoms with Gasteiger partial charge in [0.25, 0.3) is 5.56 Å². The van der Waals surface area contributed by atoms with E-state index in [0.717, 1.165) is 78.9 Å². The molecule has 4 aromatic rings. The van der Waals surface area contributed by atoms with E-state index in [2.05, 4.69) is 26.2 Å². The lowest BCUT2D eigenvalue weighted by Gasteiger charge is -2.33. The summed E-state index contributed by atoms with van der Waals surface area (Å²) >= 11 is 0. The third kappa shape index (κ3) is 6.55. The Labute approximate surface area is 314 Å². The predicted molar refractivity (Wildman–Crippen MR) is 204 cm³/mol. The van der Waals surface area contributed by atoms with Gasteiger partial charge in [0, 0.05) is 67.9 Å². The van der Waals surface area contributed by atoms with E-state index in [-0.39, 0.29) is 35.0 Å². The quantitative estimate of drug-likeness (QED) is 0.217. The number of likely N-dealkylation sites (tertiary alicyclic amines) is 1. The molecule has 5 heterocycles. The standard InChI is InChI=1S/C42H47N5O7/c1-45-22-33(30-20-37(47-13-4-14-47)43-21-32(30)42(45)52)27-18-35(53-2)34(36(19-27)54-3)23-46-15-11-24(12-16-46)26-6-8-28-31(17-26)40(50)29(39(28)49)9-5-25-7-10-38(48)44-41(25)51/h6,8,17-22,24-25,29,39,49H,4-5,7,9-16,23H2,1-3H3,(H,44,48,51). The van der Waals surface area contributed by atoms with Crippen LogP contribution < -0.4 is 25.2 Å². The Kier molecular flexibility index (Phi) is 9.74. The predicted octanol–water partition coefficient (Wildman–Crippen LogP) is 4.89. The second kappa shape index (κ2) is 14.6. The summed E-state index contributed by atoms with van der Waals surface area (Å²) < 4.78 is 13.6. The number of carbonyl (C=O) groups is 3. The largest absolute Gasteiger partial charge is 0.496 e. The first kappa shape index (κ1) is 35.9. The van der Waals surface area contributed by atoms with Crippen LogP contribution in [-0.4, -0.2) is 77.6 Å². The molecule has 0 radical (unpaired) electrons. The maximum absolute atomic E-state index is 13.5. The fourth-order valence-electron chi connectivity index (χ4n) is 8.78. The van der Waals surface area contributed by atoms with Crippen LogP contribution >= 0.6 is 0 Å². The summed E-state index contributed by atoms with van der Waals surface area (Å²) in [6, 6.07) is 12.0. The minimum atomic E-state index is -0.889. The number of ether oxygens (including phenoxy) is 2. The summed E-state index contributed by atoms with van der Waals surface area (Å²) in [6.07, 6.45) is 7.29. The summed E-state index contributed by atoms with van der Waals surface area (Å²) in [6.45, 7) is 4.25. The Bertz CT molecular complexity index is 2180. The summed E-state index contributed by atoms with van der Waals surface area (Å²) in [5.74, 6) is 1.09. The van der Waals surface area contributed by atoms with Crippen molar-refractivity contribution in [1.82, 2.24) is 19.8 Å². The normalized spacial score (nSPS) is 22.0. The average molecular weight is 734 g/mol. The van der Waals surface area contributed by atoms with E-state index in [0.29, 0.717) is 60.2 Å². The van der Waals surface area contributed by atoms with E-state index in [1.54, 1.807) is 32.0 Å². The first-order valence-corrected chi connectivity index (χ1v) is 19.0. The summed E-state index contributed by atoms with van der Waals surface area (Å²) in [4.78, 5) is 59.6. The maximum atomic E-state index is 13.5. The van der Waals surface area contributed by atoms with Crippen molar-refractivity contribution >= 4 is 34.2 Å². The highest BCUT2D eigenvalue weighted by molar-refractivity contribution is 6.03. The molecule has 1 aliphatic carbocycles. The lowest BCUT2D eigenvalue weighted by atomic mass is 9.87. The van der Waals surface area contributed by atoms with Crippen LogP contribution in [0.5, 0.6) is 11.5 Å². The molecule has 2 aromatic heterocycles. The van der Waals surface area contributed by atoms with Crippen molar-refractivity contribution < 1.29 is 29.0 Å². The number of hydrogen-bond acceptors (Lipinski definition) is 10. The molecule has 2 aromatic carbocycles. The zero-order valence-electron chi connectivity index (χ0n) is 31.1. The number of hydrogen-bond donors (Lipinski definition) is 2. The molecule has 2 amide bonds. The zero-order chi connectivity index (χ0) is 37.7. The number of fused-ring (bicyclic) bond motifs is 2. The Morgan fingerprint density at radius 1 is 0.889 bits per heavy atom. The van der Waals surface area contributed by atoms with Gasteiger partial charge in [-0.3, -0.25) is 29.4 Å². The number of aliphatic hydroxyl groups is 1. The van der Waals surface area contributed by atoms with Crippen LogP contribution in [0.1, 0.15) is 84.0 Å². The van der Waals surface area contributed by atoms with Gasteiger partial charge in [0.2, 0.25) is 11.8 Å². The van der Waals surface area contributed by atoms with Crippen molar-refractivity contribution in [3.63, 3.8) is 0 Å².